The minimum atomic E-state index is -0.207. The van der Waals surface area contributed by atoms with Crippen molar-refractivity contribution in [3.63, 3.8) is 0 Å². The molecule has 0 aliphatic carbocycles. The van der Waals surface area contributed by atoms with E-state index in [1.807, 2.05) is 6.92 Å². The third-order valence-electron chi connectivity index (χ3n) is 7.18. The lowest BCUT2D eigenvalue weighted by molar-refractivity contribution is -0.145. The molecule has 14 heteroatoms. The maximum atomic E-state index is 11.0. The van der Waals surface area contributed by atoms with E-state index in [1.165, 1.54) is 7.11 Å². The number of carbonyl (C=O) groups is 5. The molecule has 0 aromatic heterocycles. The Morgan fingerprint density at radius 3 is 0.881 bits per heavy atom. The SMILES string of the molecule is CCCCOC(=O)CC.CCCCOCCC(=O)OC.CCCCOCCC(=O)OCC.CCCCOCCC(=O)OCCC.CCCCOCCC(=O)OCCCC. The summed E-state index contributed by atoms with van der Waals surface area (Å²) >= 11 is 0. The zero-order chi connectivity index (χ0) is 45.5. The first-order chi connectivity index (χ1) is 28.5. The van der Waals surface area contributed by atoms with Gasteiger partial charge in [-0.2, -0.15) is 0 Å². The Morgan fingerprint density at radius 1 is 0.305 bits per heavy atom. The quantitative estimate of drug-likeness (QED) is 0.0341. The summed E-state index contributed by atoms with van der Waals surface area (Å²) in [6, 6.07) is 0. The molecule has 0 saturated carbocycles. The maximum absolute atomic E-state index is 11.0. The Morgan fingerprint density at radius 2 is 0.593 bits per heavy atom. The van der Waals surface area contributed by atoms with Gasteiger partial charge in [-0.05, 0) is 51.9 Å². The van der Waals surface area contributed by atoms with Crippen LogP contribution >= 0.6 is 0 Å². The molecular weight excluding hydrogens is 764 g/mol. The van der Waals surface area contributed by atoms with E-state index in [2.05, 4.69) is 46.3 Å². The molecule has 0 atom stereocenters. The third-order valence-corrected chi connectivity index (χ3v) is 7.18. The van der Waals surface area contributed by atoms with Crippen LogP contribution in [0.15, 0.2) is 0 Å². The van der Waals surface area contributed by atoms with E-state index in [9.17, 15) is 24.0 Å². The van der Waals surface area contributed by atoms with Gasteiger partial charge in [0, 0.05) is 32.8 Å². The molecule has 0 aromatic rings. The predicted octanol–water partition coefficient (Wildman–Crippen LogP) is 9.55. The van der Waals surface area contributed by atoms with Gasteiger partial charge in [-0.25, -0.2) is 0 Å². The number of hydrogen-bond donors (Lipinski definition) is 0. The Bertz CT molecular complexity index is 870. The summed E-state index contributed by atoms with van der Waals surface area (Å²) in [5.74, 6) is -0.771. The van der Waals surface area contributed by atoms with Crippen molar-refractivity contribution in [3.05, 3.63) is 0 Å². The van der Waals surface area contributed by atoms with Crippen molar-refractivity contribution in [3.8, 4) is 0 Å². The van der Waals surface area contributed by atoms with Gasteiger partial charge in [0.15, 0.2) is 0 Å². The van der Waals surface area contributed by atoms with Crippen molar-refractivity contribution in [1.29, 1.82) is 0 Å². The first kappa shape index (κ1) is 65.3. The molecule has 0 N–H and O–H groups in total. The number of unbranched alkanes of at least 4 members (excludes halogenated alkanes) is 6. The molecule has 0 rings (SSSR count). The van der Waals surface area contributed by atoms with Gasteiger partial charge < -0.3 is 42.6 Å². The molecule has 0 radical (unpaired) electrons. The fourth-order valence-corrected chi connectivity index (χ4v) is 3.47. The molecule has 0 bridgehead atoms. The van der Waals surface area contributed by atoms with Crippen LogP contribution in [0.3, 0.4) is 0 Å². The van der Waals surface area contributed by atoms with Crippen LogP contribution in [-0.2, 0) is 66.6 Å². The third kappa shape index (κ3) is 73.2. The summed E-state index contributed by atoms with van der Waals surface area (Å²) < 4.78 is 44.6. The van der Waals surface area contributed by atoms with Crippen LogP contribution in [0.1, 0.15) is 178 Å². The molecule has 59 heavy (non-hydrogen) atoms. The topological polar surface area (TPSA) is 168 Å². The van der Waals surface area contributed by atoms with E-state index >= 15 is 0 Å². The molecule has 0 fully saturated rings. The van der Waals surface area contributed by atoms with Gasteiger partial charge in [0.05, 0.1) is 85.6 Å². The predicted molar refractivity (Wildman–Crippen MR) is 233 cm³/mol. The largest absolute Gasteiger partial charge is 0.469 e. The first-order valence-corrected chi connectivity index (χ1v) is 22.5. The van der Waals surface area contributed by atoms with E-state index in [4.69, 9.17) is 37.9 Å². The Hall–Kier alpha value is -2.81. The molecule has 0 heterocycles. The fraction of sp³-hybridized carbons (Fsp3) is 0.889. The molecule has 354 valence electrons. The highest BCUT2D eigenvalue weighted by Gasteiger charge is 2.03. The first-order valence-electron chi connectivity index (χ1n) is 22.5. The lowest BCUT2D eigenvalue weighted by atomic mass is 10.3. The zero-order valence-corrected chi connectivity index (χ0v) is 39.4. The van der Waals surface area contributed by atoms with E-state index in [0.717, 1.165) is 110 Å². The van der Waals surface area contributed by atoms with Crippen molar-refractivity contribution in [2.45, 2.75) is 178 Å². The van der Waals surface area contributed by atoms with Crippen molar-refractivity contribution >= 4 is 29.8 Å². The number of ether oxygens (including phenoxy) is 9. The minimum absolute atomic E-state index is 0.0940. The van der Waals surface area contributed by atoms with Gasteiger partial charge in [-0.1, -0.05) is 93.9 Å². The maximum Gasteiger partial charge on any atom is 0.308 e. The molecule has 0 saturated heterocycles. The van der Waals surface area contributed by atoms with E-state index in [-0.39, 0.29) is 29.8 Å². The van der Waals surface area contributed by atoms with Crippen LogP contribution in [0.4, 0.5) is 0 Å². The minimum Gasteiger partial charge on any atom is -0.469 e. The standard InChI is InChI=1S/C11H22O3.C10H20O3.C9H18O3.C8H16O3.C7H14O2/c1-3-5-8-13-10-7-11(12)14-9-6-4-2;1-3-5-8-12-9-6-10(11)13-7-4-2;1-3-5-7-11-8-6-9(10)12-4-2;1-3-4-6-11-7-5-8(9)10-2;1-3-5-6-9-7(8)4-2/h3-10H2,1-2H3;3-9H2,1-2H3;3-8H2,1-2H3;3-7H2,1-2H3;3-6H2,1-2H3. The molecule has 0 spiro atoms. The smallest absolute Gasteiger partial charge is 0.308 e. The number of hydrogen-bond acceptors (Lipinski definition) is 14. The van der Waals surface area contributed by atoms with Crippen molar-refractivity contribution < 1.29 is 66.6 Å². The monoisotopic (exact) mass is 855 g/mol. The summed E-state index contributed by atoms with van der Waals surface area (Å²) in [5.41, 5.74) is 0. The highest BCUT2D eigenvalue weighted by atomic mass is 16.6. The number of methoxy groups -OCH3 is 1. The normalized spacial score (nSPS) is 9.80. The summed E-state index contributed by atoms with van der Waals surface area (Å²) in [6.45, 7) is 25.2. The number of carbonyl (C=O) groups excluding carboxylic acids is 5. The zero-order valence-electron chi connectivity index (χ0n) is 39.4. The van der Waals surface area contributed by atoms with E-state index in [1.54, 1.807) is 13.8 Å². The summed E-state index contributed by atoms with van der Waals surface area (Å²) in [6.07, 6.45) is 15.7. The van der Waals surface area contributed by atoms with Crippen molar-refractivity contribution in [2.24, 2.45) is 0 Å². The Kier molecular flexibility index (Phi) is 68.5. The van der Waals surface area contributed by atoms with Crippen LogP contribution < -0.4 is 0 Å². The summed E-state index contributed by atoms with van der Waals surface area (Å²) in [4.78, 5) is 53.8. The molecule has 0 amide bonds. The van der Waals surface area contributed by atoms with Gasteiger partial charge in [-0.15, -0.1) is 0 Å². The molecule has 0 aromatic carbocycles. The van der Waals surface area contributed by atoms with E-state index in [0.29, 0.717) is 85.0 Å². The molecule has 0 unspecified atom stereocenters. The van der Waals surface area contributed by atoms with Crippen LogP contribution in [0, 0.1) is 0 Å². The second-order valence-corrected chi connectivity index (χ2v) is 13.0. The van der Waals surface area contributed by atoms with Gasteiger partial charge in [-0.3, -0.25) is 24.0 Å². The van der Waals surface area contributed by atoms with E-state index < -0.39 is 0 Å². The van der Waals surface area contributed by atoms with Gasteiger partial charge in [0.25, 0.3) is 0 Å². The molecule has 0 aliphatic rings. The van der Waals surface area contributed by atoms with Gasteiger partial charge in [0.1, 0.15) is 0 Å². The second kappa shape index (κ2) is 61.8. The Labute approximate surface area is 360 Å². The fourth-order valence-electron chi connectivity index (χ4n) is 3.47. The van der Waals surface area contributed by atoms with Gasteiger partial charge >= 0.3 is 29.8 Å². The van der Waals surface area contributed by atoms with Crippen molar-refractivity contribution in [1.82, 2.24) is 0 Å². The Balaban J connectivity index is -0.000000207. The highest BCUT2D eigenvalue weighted by molar-refractivity contribution is 5.70. The average molecular weight is 855 g/mol. The number of esters is 5. The summed E-state index contributed by atoms with van der Waals surface area (Å²) in [5, 5.41) is 0. The van der Waals surface area contributed by atoms with Crippen LogP contribution in [-0.4, -0.2) is 116 Å². The molecule has 0 aliphatic heterocycles. The van der Waals surface area contributed by atoms with Crippen LogP contribution in [0.5, 0.6) is 0 Å². The summed E-state index contributed by atoms with van der Waals surface area (Å²) in [7, 11) is 1.38. The van der Waals surface area contributed by atoms with Gasteiger partial charge in [0.2, 0.25) is 0 Å². The number of rotatable bonds is 34. The average Bonchev–Trinajstić information content (AvgIpc) is 3.23. The van der Waals surface area contributed by atoms with Crippen LogP contribution in [0.2, 0.25) is 0 Å². The lowest BCUT2D eigenvalue weighted by Crippen LogP contribution is -2.09. The van der Waals surface area contributed by atoms with Crippen LogP contribution in [0.25, 0.3) is 0 Å². The highest BCUT2D eigenvalue weighted by Crippen LogP contribution is 1.96. The van der Waals surface area contributed by atoms with Crippen molar-refractivity contribution in [2.75, 3.05) is 86.4 Å². The molecular formula is C45H90O14. The lowest BCUT2D eigenvalue weighted by Gasteiger charge is -2.04. The second-order valence-electron chi connectivity index (χ2n) is 13.0. The molecule has 14 nitrogen and oxygen atoms in total.